The van der Waals surface area contributed by atoms with Crippen LogP contribution in [-0.4, -0.2) is 28.5 Å². The highest BCUT2D eigenvalue weighted by Gasteiger charge is 2.42. The summed E-state index contributed by atoms with van der Waals surface area (Å²) in [5.74, 6) is 0.658. The number of amides is 1. The van der Waals surface area contributed by atoms with Gasteiger partial charge in [0.1, 0.15) is 11.7 Å². The number of carbonyl (C=O) groups excluding carboxylic acids is 1. The third-order valence-corrected chi connectivity index (χ3v) is 4.41. The van der Waals surface area contributed by atoms with Crippen molar-refractivity contribution in [3.63, 3.8) is 0 Å². The van der Waals surface area contributed by atoms with Crippen molar-refractivity contribution in [2.45, 2.75) is 18.9 Å². The quantitative estimate of drug-likeness (QED) is 0.754. The molecule has 1 amide bonds. The molecule has 7 heteroatoms. The molecule has 3 heterocycles. The van der Waals surface area contributed by atoms with Crippen molar-refractivity contribution in [1.29, 1.82) is 5.26 Å². The summed E-state index contributed by atoms with van der Waals surface area (Å²) in [6.45, 7) is 0.781. The van der Waals surface area contributed by atoms with Crippen molar-refractivity contribution in [1.82, 2.24) is 9.97 Å². The van der Waals surface area contributed by atoms with Crippen LogP contribution in [0.1, 0.15) is 18.4 Å². The average Bonchev–Trinajstić information content (AvgIpc) is 3.06. The van der Waals surface area contributed by atoms with Gasteiger partial charge in [-0.25, -0.2) is 4.98 Å². The number of rotatable bonds is 1. The molecule has 23 heavy (non-hydrogen) atoms. The second-order valence-electron chi connectivity index (χ2n) is 5.54. The number of nitriles is 1. The number of benzene rings is 1. The lowest BCUT2D eigenvalue weighted by Crippen LogP contribution is -2.49. The van der Waals surface area contributed by atoms with E-state index in [-0.39, 0.29) is 17.2 Å². The molecule has 2 aliphatic rings. The zero-order chi connectivity index (χ0) is 16.0. The second kappa shape index (κ2) is 5.21. The minimum Gasteiger partial charge on any atom is -0.343 e. The van der Waals surface area contributed by atoms with E-state index in [0.717, 1.165) is 19.4 Å². The monoisotopic (exact) mass is 325 g/mol. The van der Waals surface area contributed by atoms with Gasteiger partial charge in [0, 0.05) is 6.54 Å². The van der Waals surface area contributed by atoms with Gasteiger partial charge in [0.25, 0.3) is 5.91 Å². The zero-order valence-electron chi connectivity index (χ0n) is 12.1. The first-order chi connectivity index (χ1) is 11.2. The second-order valence-corrected chi connectivity index (χ2v) is 5.87. The van der Waals surface area contributed by atoms with Gasteiger partial charge >= 0.3 is 0 Å². The normalized spacial score (nSPS) is 19.3. The number of carbonyl (C=O) groups is 1. The lowest BCUT2D eigenvalue weighted by Gasteiger charge is -2.38. The summed E-state index contributed by atoms with van der Waals surface area (Å²) in [6, 6.07) is 8.84. The highest BCUT2D eigenvalue weighted by molar-refractivity contribution is 6.28. The number of halogens is 1. The first kappa shape index (κ1) is 14.0. The fourth-order valence-corrected chi connectivity index (χ4v) is 3.37. The van der Waals surface area contributed by atoms with Crippen molar-refractivity contribution in [3.8, 4) is 6.07 Å². The standard InChI is InChI=1S/C16H12ClN5O/c17-16-19-9-13-14(20-16)21-6-2-5-12(21)15(23)22(13)11-4-1-3-10(7-11)8-18/h1,3-4,7,9,12H,2,5-6H2/t12-/m1/s1. The molecule has 0 radical (unpaired) electrons. The van der Waals surface area contributed by atoms with Crippen LogP contribution in [-0.2, 0) is 4.79 Å². The first-order valence-electron chi connectivity index (χ1n) is 7.32. The van der Waals surface area contributed by atoms with Crippen LogP contribution in [0.2, 0.25) is 5.28 Å². The van der Waals surface area contributed by atoms with Crippen LogP contribution in [0.5, 0.6) is 0 Å². The summed E-state index contributed by atoms with van der Waals surface area (Å²) in [5.41, 5.74) is 1.75. The maximum Gasteiger partial charge on any atom is 0.254 e. The van der Waals surface area contributed by atoms with E-state index < -0.39 is 0 Å². The van der Waals surface area contributed by atoms with Gasteiger partial charge in [0.15, 0.2) is 5.82 Å². The Hall–Kier alpha value is -2.65. The van der Waals surface area contributed by atoms with Crippen LogP contribution in [0.3, 0.4) is 0 Å². The van der Waals surface area contributed by atoms with E-state index >= 15 is 0 Å². The molecule has 0 saturated carbocycles. The predicted octanol–water partition coefficient (Wildman–Crippen LogP) is 2.65. The van der Waals surface area contributed by atoms with Crippen molar-refractivity contribution < 1.29 is 4.79 Å². The molecular weight excluding hydrogens is 314 g/mol. The van der Waals surface area contributed by atoms with Gasteiger partial charge in [-0.05, 0) is 42.6 Å². The van der Waals surface area contributed by atoms with E-state index in [1.54, 1.807) is 29.3 Å². The molecule has 0 aliphatic carbocycles. The van der Waals surface area contributed by atoms with Gasteiger partial charge < -0.3 is 4.90 Å². The van der Waals surface area contributed by atoms with Crippen molar-refractivity contribution >= 4 is 34.7 Å². The fourth-order valence-electron chi connectivity index (χ4n) is 3.24. The number of nitrogens with zero attached hydrogens (tertiary/aromatic N) is 5. The molecule has 1 aromatic carbocycles. The summed E-state index contributed by atoms with van der Waals surface area (Å²) >= 11 is 5.95. The highest BCUT2D eigenvalue weighted by atomic mass is 35.5. The van der Waals surface area contributed by atoms with Gasteiger partial charge in [0.2, 0.25) is 5.28 Å². The smallest absolute Gasteiger partial charge is 0.254 e. The first-order valence-corrected chi connectivity index (χ1v) is 7.70. The van der Waals surface area contributed by atoms with Crippen LogP contribution in [0.4, 0.5) is 17.2 Å². The fraction of sp³-hybridized carbons (Fsp3) is 0.250. The molecule has 0 spiro atoms. The third kappa shape index (κ3) is 2.13. The summed E-state index contributed by atoms with van der Waals surface area (Å²) in [4.78, 5) is 24.9. The summed E-state index contributed by atoms with van der Waals surface area (Å²) in [6.07, 6.45) is 3.29. The topological polar surface area (TPSA) is 73.1 Å². The van der Waals surface area contributed by atoms with E-state index in [1.807, 2.05) is 11.0 Å². The Bertz CT molecular complexity index is 847. The van der Waals surface area contributed by atoms with Gasteiger partial charge in [-0.2, -0.15) is 10.2 Å². The summed E-state index contributed by atoms with van der Waals surface area (Å²) < 4.78 is 0. The van der Waals surface area contributed by atoms with Crippen molar-refractivity contribution in [3.05, 3.63) is 41.3 Å². The highest BCUT2D eigenvalue weighted by Crippen LogP contribution is 2.42. The Morgan fingerprint density at radius 2 is 2.26 bits per heavy atom. The van der Waals surface area contributed by atoms with Crippen LogP contribution in [0.25, 0.3) is 0 Å². The Morgan fingerprint density at radius 3 is 3.09 bits per heavy atom. The Kier molecular flexibility index (Phi) is 3.17. The Balaban J connectivity index is 1.91. The SMILES string of the molecule is N#Cc1cccc(N2C(=O)[C@H]3CCCN3c3nc(Cl)ncc32)c1. The maximum atomic E-state index is 13.0. The van der Waals surface area contributed by atoms with Crippen LogP contribution in [0.15, 0.2) is 30.5 Å². The van der Waals surface area contributed by atoms with Gasteiger partial charge in [-0.3, -0.25) is 9.69 Å². The van der Waals surface area contributed by atoms with E-state index in [9.17, 15) is 4.79 Å². The minimum atomic E-state index is -0.237. The number of aromatic nitrogens is 2. The third-order valence-electron chi connectivity index (χ3n) is 4.23. The molecule has 4 rings (SSSR count). The molecule has 1 aromatic heterocycles. The molecule has 2 aromatic rings. The average molecular weight is 326 g/mol. The van der Waals surface area contributed by atoms with E-state index in [4.69, 9.17) is 16.9 Å². The minimum absolute atomic E-state index is 0.0176. The summed E-state index contributed by atoms with van der Waals surface area (Å²) in [7, 11) is 0. The number of hydrogen-bond donors (Lipinski definition) is 0. The van der Waals surface area contributed by atoms with Crippen LogP contribution >= 0.6 is 11.6 Å². The molecule has 0 unspecified atom stereocenters. The molecule has 1 saturated heterocycles. The summed E-state index contributed by atoms with van der Waals surface area (Å²) in [5, 5.41) is 9.27. The number of anilines is 3. The van der Waals surface area contributed by atoms with Gasteiger partial charge in [-0.15, -0.1) is 0 Å². The molecule has 1 atom stereocenters. The predicted molar refractivity (Wildman–Crippen MR) is 85.7 cm³/mol. The molecule has 114 valence electrons. The van der Waals surface area contributed by atoms with E-state index in [0.29, 0.717) is 22.8 Å². The number of hydrogen-bond acceptors (Lipinski definition) is 5. The van der Waals surface area contributed by atoms with Crippen molar-refractivity contribution in [2.75, 3.05) is 16.3 Å². The van der Waals surface area contributed by atoms with Crippen LogP contribution < -0.4 is 9.80 Å². The van der Waals surface area contributed by atoms with Crippen molar-refractivity contribution in [2.24, 2.45) is 0 Å². The molecule has 2 aliphatic heterocycles. The zero-order valence-corrected chi connectivity index (χ0v) is 12.9. The van der Waals surface area contributed by atoms with E-state index in [2.05, 4.69) is 16.0 Å². The lowest BCUT2D eigenvalue weighted by atomic mass is 10.1. The molecule has 0 bridgehead atoms. The molecule has 1 fully saturated rings. The van der Waals surface area contributed by atoms with E-state index in [1.165, 1.54) is 0 Å². The van der Waals surface area contributed by atoms with Crippen LogP contribution in [0, 0.1) is 11.3 Å². The lowest BCUT2D eigenvalue weighted by molar-refractivity contribution is -0.119. The molecule has 6 nitrogen and oxygen atoms in total. The Labute approximate surface area is 137 Å². The van der Waals surface area contributed by atoms with Gasteiger partial charge in [-0.1, -0.05) is 6.07 Å². The molecule has 0 N–H and O–H groups in total. The largest absolute Gasteiger partial charge is 0.343 e. The maximum absolute atomic E-state index is 13.0. The Morgan fingerprint density at radius 1 is 1.39 bits per heavy atom. The molecular formula is C16H12ClN5O. The number of fused-ring (bicyclic) bond motifs is 3. The van der Waals surface area contributed by atoms with Gasteiger partial charge in [0.05, 0.1) is 23.5 Å².